The number of carboxylic acid groups (broad SMARTS) is 1. The average molecular weight is 258 g/mol. The van der Waals surface area contributed by atoms with Crippen molar-refractivity contribution in [1.82, 2.24) is 20.4 Å². The SMILES string of the molecule is CN1CCN(CCNC(=O)NCCC(=O)O)CC1. The molecule has 3 N–H and O–H groups in total. The van der Waals surface area contributed by atoms with Gasteiger partial charge in [0.2, 0.25) is 0 Å². The molecule has 0 atom stereocenters. The van der Waals surface area contributed by atoms with Crippen LogP contribution in [0.5, 0.6) is 0 Å². The fourth-order valence-electron chi connectivity index (χ4n) is 1.74. The monoisotopic (exact) mass is 258 g/mol. The summed E-state index contributed by atoms with van der Waals surface area (Å²) in [5.74, 6) is -0.910. The number of urea groups is 1. The van der Waals surface area contributed by atoms with Gasteiger partial charge >= 0.3 is 12.0 Å². The molecule has 1 heterocycles. The largest absolute Gasteiger partial charge is 0.481 e. The predicted octanol–water partition coefficient (Wildman–Crippen LogP) is -0.992. The van der Waals surface area contributed by atoms with E-state index in [-0.39, 0.29) is 19.0 Å². The van der Waals surface area contributed by atoms with Crippen molar-refractivity contribution in [3.8, 4) is 0 Å². The van der Waals surface area contributed by atoms with Gasteiger partial charge in [-0.2, -0.15) is 0 Å². The molecule has 0 aromatic carbocycles. The number of carboxylic acids is 1. The zero-order valence-electron chi connectivity index (χ0n) is 10.8. The third-order valence-corrected chi connectivity index (χ3v) is 2.93. The number of hydrogen-bond donors (Lipinski definition) is 3. The molecule has 0 spiro atoms. The normalized spacial score (nSPS) is 17.4. The number of hydrogen-bond acceptors (Lipinski definition) is 4. The molecule has 1 aliphatic heterocycles. The van der Waals surface area contributed by atoms with E-state index in [4.69, 9.17) is 5.11 Å². The van der Waals surface area contributed by atoms with Gasteiger partial charge in [-0.25, -0.2) is 4.79 Å². The molecule has 0 saturated carbocycles. The molecular weight excluding hydrogens is 236 g/mol. The van der Waals surface area contributed by atoms with Crippen molar-refractivity contribution in [3.05, 3.63) is 0 Å². The third-order valence-electron chi connectivity index (χ3n) is 2.93. The van der Waals surface area contributed by atoms with Gasteiger partial charge in [-0.15, -0.1) is 0 Å². The van der Waals surface area contributed by atoms with Crippen molar-refractivity contribution in [2.45, 2.75) is 6.42 Å². The lowest BCUT2D eigenvalue weighted by molar-refractivity contribution is -0.136. The summed E-state index contributed by atoms with van der Waals surface area (Å²) in [6.45, 7) is 5.76. The number of amides is 2. The predicted molar refractivity (Wildman–Crippen MR) is 67.6 cm³/mol. The van der Waals surface area contributed by atoms with Crippen molar-refractivity contribution >= 4 is 12.0 Å². The molecule has 104 valence electrons. The molecule has 2 amide bonds. The summed E-state index contributed by atoms with van der Waals surface area (Å²) in [7, 11) is 2.10. The second-order valence-corrected chi connectivity index (χ2v) is 4.47. The number of nitrogens with one attached hydrogen (secondary N) is 2. The molecule has 1 aliphatic rings. The molecular formula is C11H22N4O3. The smallest absolute Gasteiger partial charge is 0.314 e. The van der Waals surface area contributed by atoms with Crippen LogP contribution in [0.1, 0.15) is 6.42 Å². The molecule has 0 radical (unpaired) electrons. The molecule has 1 fully saturated rings. The standard InChI is InChI=1S/C11H22N4O3/c1-14-6-8-15(9-7-14)5-4-13-11(18)12-3-2-10(16)17/h2-9H2,1H3,(H,16,17)(H2,12,13,18). The van der Waals surface area contributed by atoms with Gasteiger partial charge in [0.1, 0.15) is 0 Å². The number of carbonyl (C=O) groups is 2. The van der Waals surface area contributed by atoms with E-state index in [0.717, 1.165) is 32.7 Å². The maximum atomic E-state index is 11.3. The van der Waals surface area contributed by atoms with E-state index in [9.17, 15) is 9.59 Å². The van der Waals surface area contributed by atoms with Crippen LogP contribution in [0.2, 0.25) is 0 Å². The van der Waals surface area contributed by atoms with Crippen molar-refractivity contribution in [1.29, 1.82) is 0 Å². The summed E-state index contributed by atoms with van der Waals surface area (Å²) in [6, 6.07) is -0.301. The van der Waals surface area contributed by atoms with E-state index < -0.39 is 5.97 Å². The lowest BCUT2D eigenvalue weighted by Gasteiger charge is -2.32. The molecule has 7 heteroatoms. The van der Waals surface area contributed by atoms with Crippen LogP contribution in [0, 0.1) is 0 Å². The van der Waals surface area contributed by atoms with Gasteiger partial charge in [0, 0.05) is 45.8 Å². The number of carbonyl (C=O) groups excluding carboxylic acids is 1. The van der Waals surface area contributed by atoms with Gasteiger partial charge in [0.05, 0.1) is 6.42 Å². The molecule has 0 aliphatic carbocycles. The Balaban J connectivity index is 2.00. The molecule has 1 saturated heterocycles. The fraction of sp³-hybridized carbons (Fsp3) is 0.818. The summed E-state index contributed by atoms with van der Waals surface area (Å²) in [5, 5.41) is 13.6. The molecule has 18 heavy (non-hydrogen) atoms. The van der Waals surface area contributed by atoms with Crippen LogP contribution >= 0.6 is 0 Å². The molecule has 0 aromatic heterocycles. The number of rotatable bonds is 6. The van der Waals surface area contributed by atoms with Gasteiger partial charge in [-0.3, -0.25) is 9.69 Å². The summed E-state index contributed by atoms with van der Waals surface area (Å²) >= 11 is 0. The maximum Gasteiger partial charge on any atom is 0.314 e. The molecule has 1 rings (SSSR count). The van der Waals surface area contributed by atoms with Crippen LogP contribution in [0.15, 0.2) is 0 Å². The van der Waals surface area contributed by atoms with Crippen LogP contribution in [0.4, 0.5) is 4.79 Å². The number of piperazine rings is 1. The zero-order valence-corrected chi connectivity index (χ0v) is 10.8. The van der Waals surface area contributed by atoms with Crippen LogP contribution in [0.25, 0.3) is 0 Å². The third kappa shape index (κ3) is 6.41. The number of nitrogens with zero attached hydrogens (tertiary/aromatic N) is 2. The highest BCUT2D eigenvalue weighted by molar-refractivity contribution is 5.74. The highest BCUT2D eigenvalue weighted by Gasteiger charge is 2.13. The molecule has 7 nitrogen and oxygen atoms in total. The van der Waals surface area contributed by atoms with Gasteiger partial charge in [-0.1, -0.05) is 0 Å². The fourth-order valence-corrected chi connectivity index (χ4v) is 1.74. The highest BCUT2D eigenvalue weighted by atomic mass is 16.4. The van der Waals surface area contributed by atoms with Crippen molar-refractivity contribution in [2.24, 2.45) is 0 Å². The minimum absolute atomic E-state index is 0.0497. The zero-order chi connectivity index (χ0) is 13.4. The Labute approximate surface area is 107 Å². The minimum atomic E-state index is -0.910. The van der Waals surface area contributed by atoms with E-state index >= 15 is 0 Å². The van der Waals surface area contributed by atoms with E-state index in [2.05, 4.69) is 27.5 Å². The van der Waals surface area contributed by atoms with E-state index in [0.29, 0.717) is 6.54 Å². The minimum Gasteiger partial charge on any atom is -0.481 e. The Hall–Kier alpha value is -1.34. The first-order valence-electron chi connectivity index (χ1n) is 6.22. The Morgan fingerprint density at radius 2 is 1.72 bits per heavy atom. The second-order valence-electron chi connectivity index (χ2n) is 4.47. The van der Waals surface area contributed by atoms with E-state index in [1.54, 1.807) is 0 Å². The van der Waals surface area contributed by atoms with Gasteiger partial charge < -0.3 is 20.6 Å². The lowest BCUT2D eigenvalue weighted by Crippen LogP contribution is -2.47. The second kappa shape index (κ2) is 7.88. The number of likely N-dealkylation sites (N-methyl/N-ethyl adjacent to an activating group) is 1. The van der Waals surface area contributed by atoms with Crippen LogP contribution in [-0.2, 0) is 4.79 Å². The van der Waals surface area contributed by atoms with Crippen molar-refractivity contribution in [3.63, 3.8) is 0 Å². The topological polar surface area (TPSA) is 84.9 Å². The summed E-state index contributed by atoms with van der Waals surface area (Å²) < 4.78 is 0. The summed E-state index contributed by atoms with van der Waals surface area (Å²) in [5.41, 5.74) is 0. The van der Waals surface area contributed by atoms with Crippen molar-refractivity contribution in [2.75, 3.05) is 52.9 Å². The first-order valence-corrected chi connectivity index (χ1v) is 6.22. The van der Waals surface area contributed by atoms with Gasteiger partial charge in [0.15, 0.2) is 0 Å². The average Bonchev–Trinajstić information content (AvgIpc) is 2.31. The lowest BCUT2D eigenvalue weighted by atomic mass is 10.3. The van der Waals surface area contributed by atoms with E-state index in [1.807, 2.05) is 0 Å². The Morgan fingerprint density at radius 3 is 2.33 bits per heavy atom. The summed E-state index contributed by atoms with van der Waals surface area (Å²) in [6.07, 6.45) is -0.0497. The van der Waals surface area contributed by atoms with Crippen molar-refractivity contribution < 1.29 is 14.7 Å². The molecule has 0 bridgehead atoms. The molecule has 0 aromatic rings. The molecule has 0 unspecified atom stereocenters. The maximum absolute atomic E-state index is 11.3. The van der Waals surface area contributed by atoms with Gasteiger partial charge in [0.25, 0.3) is 0 Å². The van der Waals surface area contributed by atoms with Crippen LogP contribution < -0.4 is 10.6 Å². The Morgan fingerprint density at radius 1 is 1.11 bits per heavy atom. The highest BCUT2D eigenvalue weighted by Crippen LogP contribution is 1.97. The Kier molecular flexibility index (Phi) is 6.45. The Bertz CT molecular complexity index is 277. The summed E-state index contributed by atoms with van der Waals surface area (Å²) in [4.78, 5) is 26.1. The van der Waals surface area contributed by atoms with Gasteiger partial charge in [-0.05, 0) is 7.05 Å². The van der Waals surface area contributed by atoms with E-state index in [1.165, 1.54) is 0 Å². The van der Waals surface area contributed by atoms with Crippen LogP contribution in [0.3, 0.4) is 0 Å². The number of aliphatic carboxylic acids is 1. The first-order chi connectivity index (χ1) is 8.58. The quantitative estimate of drug-likeness (QED) is 0.569. The first kappa shape index (κ1) is 14.7. The van der Waals surface area contributed by atoms with Crippen LogP contribution in [-0.4, -0.2) is 79.8 Å².